The lowest BCUT2D eigenvalue weighted by molar-refractivity contribution is 0.197. The maximum absolute atomic E-state index is 14.1. The van der Waals surface area contributed by atoms with Crippen LogP contribution in [0.4, 0.5) is 10.1 Å². The third-order valence-electron chi connectivity index (χ3n) is 5.19. The zero-order chi connectivity index (χ0) is 21.2. The van der Waals surface area contributed by atoms with E-state index in [1.807, 2.05) is 12.1 Å². The first-order chi connectivity index (χ1) is 14.7. The number of aromatic nitrogens is 3. The van der Waals surface area contributed by atoms with Crippen LogP contribution < -0.4 is 10.2 Å². The molecule has 3 rings (SSSR count). The van der Waals surface area contributed by atoms with Gasteiger partial charge in [-0.1, -0.05) is 19.1 Å². The van der Waals surface area contributed by atoms with E-state index in [9.17, 15) is 4.39 Å². The summed E-state index contributed by atoms with van der Waals surface area (Å²) in [5, 5.41) is 11.6. The van der Waals surface area contributed by atoms with Gasteiger partial charge in [-0.3, -0.25) is 4.99 Å². The van der Waals surface area contributed by atoms with Gasteiger partial charge in [0, 0.05) is 66.0 Å². The quantitative estimate of drug-likeness (QED) is 0.226. The molecule has 8 nitrogen and oxygen atoms in total. The smallest absolute Gasteiger partial charge is 0.194 e. The van der Waals surface area contributed by atoms with E-state index in [4.69, 9.17) is 9.73 Å². The van der Waals surface area contributed by atoms with Crippen molar-refractivity contribution >= 4 is 35.6 Å². The van der Waals surface area contributed by atoms with Crippen LogP contribution in [0.5, 0.6) is 0 Å². The molecule has 0 saturated carbocycles. The predicted octanol–water partition coefficient (Wildman–Crippen LogP) is 2.40. The number of nitrogens with one attached hydrogen (secondary N) is 1. The Bertz CT molecular complexity index is 809. The lowest BCUT2D eigenvalue weighted by atomic mass is 10.2. The van der Waals surface area contributed by atoms with Gasteiger partial charge in [-0.15, -0.1) is 34.2 Å². The fourth-order valence-electron chi connectivity index (χ4n) is 3.56. The Morgan fingerprint density at radius 3 is 2.71 bits per heavy atom. The van der Waals surface area contributed by atoms with Crippen molar-refractivity contribution in [1.29, 1.82) is 0 Å². The number of anilines is 1. The monoisotopic (exact) mass is 545 g/mol. The second kappa shape index (κ2) is 13.5. The van der Waals surface area contributed by atoms with Gasteiger partial charge >= 0.3 is 0 Å². The molecule has 0 amide bonds. The molecule has 0 radical (unpaired) electrons. The average Bonchev–Trinajstić information content (AvgIpc) is 3.23. The van der Waals surface area contributed by atoms with Gasteiger partial charge < -0.3 is 24.4 Å². The lowest BCUT2D eigenvalue weighted by Gasteiger charge is -2.38. The van der Waals surface area contributed by atoms with Crippen molar-refractivity contribution in [2.45, 2.75) is 26.3 Å². The van der Waals surface area contributed by atoms with E-state index in [2.05, 4.69) is 36.8 Å². The first-order valence-electron chi connectivity index (χ1n) is 10.6. The largest absolute Gasteiger partial charge is 0.385 e. The van der Waals surface area contributed by atoms with E-state index in [1.165, 1.54) is 6.07 Å². The molecule has 1 aliphatic heterocycles. The number of halogens is 2. The third-order valence-corrected chi connectivity index (χ3v) is 5.19. The second-order valence-electron chi connectivity index (χ2n) is 7.20. The number of piperazine rings is 1. The number of para-hydroxylation sites is 1. The zero-order valence-corrected chi connectivity index (χ0v) is 20.7. The molecule has 1 saturated heterocycles. The van der Waals surface area contributed by atoms with E-state index in [0.29, 0.717) is 18.8 Å². The van der Waals surface area contributed by atoms with Crippen LogP contribution >= 0.6 is 24.0 Å². The first-order valence-corrected chi connectivity index (χ1v) is 10.6. The molecular formula is C21H33FIN7O. The minimum Gasteiger partial charge on any atom is -0.385 e. The highest BCUT2D eigenvalue weighted by Gasteiger charge is 2.21. The summed E-state index contributed by atoms with van der Waals surface area (Å²) in [6.45, 7) is 8.08. The van der Waals surface area contributed by atoms with Crippen LogP contribution in [0.15, 0.2) is 35.6 Å². The summed E-state index contributed by atoms with van der Waals surface area (Å²) in [6, 6.07) is 6.96. The standard InChI is InChI=1S/C21H32FN7O.HI/c1-3-20-26-25-17-29(20)11-10-24-21(23-9-6-16-30-2)28-14-12-27(13-15-28)19-8-5-4-7-18(19)22;/h4-5,7-8,17H,3,6,9-16H2,1-2H3,(H,23,24);1H. The number of benzene rings is 1. The van der Waals surface area contributed by atoms with Gasteiger partial charge in [0.15, 0.2) is 5.96 Å². The molecule has 0 bridgehead atoms. The van der Waals surface area contributed by atoms with Crippen LogP contribution in [0.1, 0.15) is 19.2 Å². The molecule has 1 aliphatic rings. The summed E-state index contributed by atoms with van der Waals surface area (Å²) in [5.74, 6) is 1.71. The molecular weight excluding hydrogens is 512 g/mol. The lowest BCUT2D eigenvalue weighted by Crippen LogP contribution is -2.53. The summed E-state index contributed by atoms with van der Waals surface area (Å²) < 4.78 is 21.3. The van der Waals surface area contributed by atoms with Gasteiger partial charge in [0.05, 0.1) is 5.69 Å². The van der Waals surface area contributed by atoms with Crippen LogP contribution in [0.2, 0.25) is 0 Å². The number of nitrogens with zero attached hydrogens (tertiary/aromatic N) is 6. The normalized spacial score (nSPS) is 14.5. The fourth-order valence-corrected chi connectivity index (χ4v) is 3.56. The van der Waals surface area contributed by atoms with Crippen molar-refractivity contribution in [3.8, 4) is 0 Å². The van der Waals surface area contributed by atoms with Crippen molar-refractivity contribution in [3.63, 3.8) is 0 Å². The Balaban J connectivity index is 0.00000341. The molecule has 31 heavy (non-hydrogen) atoms. The van der Waals surface area contributed by atoms with Crippen LogP contribution in [0, 0.1) is 5.82 Å². The molecule has 1 aromatic carbocycles. The van der Waals surface area contributed by atoms with Gasteiger partial charge in [-0.05, 0) is 18.6 Å². The number of aliphatic imine (C=N–C) groups is 1. The Morgan fingerprint density at radius 2 is 2.00 bits per heavy atom. The van der Waals surface area contributed by atoms with E-state index >= 15 is 0 Å². The minimum absolute atomic E-state index is 0. The first kappa shape index (κ1) is 25.3. The van der Waals surface area contributed by atoms with E-state index < -0.39 is 0 Å². The molecule has 1 N–H and O–H groups in total. The van der Waals surface area contributed by atoms with Crippen molar-refractivity contribution in [2.75, 3.05) is 57.9 Å². The average molecular weight is 545 g/mol. The van der Waals surface area contributed by atoms with Crippen molar-refractivity contribution in [1.82, 2.24) is 25.0 Å². The molecule has 2 heterocycles. The van der Waals surface area contributed by atoms with Crippen molar-refractivity contribution < 1.29 is 9.13 Å². The highest BCUT2D eigenvalue weighted by molar-refractivity contribution is 14.0. The highest BCUT2D eigenvalue weighted by atomic mass is 127. The summed E-state index contributed by atoms with van der Waals surface area (Å²) in [5.41, 5.74) is 0.670. The van der Waals surface area contributed by atoms with Gasteiger partial charge in [0.2, 0.25) is 0 Å². The number of hydrogen-bond acceptors (Lipinski definition) is 5. The van der Waals surface area contributed by atoms with Crippen LogP contribution in [-0.2, 0) is 17.7 Å². The molecule has 1 aromatic heterocycles. The predicted molar refractivity (Wildman–Crippen MR) is 132 cm³/mol. The number of ether oxygens (including phenoxy) is 1. The highest BCUT2D eigenvalue weighted by Crippen LogP contribution is 2.20. The maximum Gasteiger partial charge on any atom is 0.194 e. The number of hydrogen-bond donors (Lipinski definition) is 1. The van der Waals surface area contributed by atoms with Crippen LogP contribution in [-0.4, -0.2) is 78.6 Å². The molecule has 0 aliphatic carbocycles. The minimum atomic E-state index is -0.168. The molecule has 2 aromatic rings. The zero-order valence-electron chi connectivity index (χ0n) is 18.3. The molecule has 0 unspecified atom stereocenters. The Kier molecular flexibility index (Phi) is 11.0. The number of methoxy groups -OCH3 is 1. The van der Waals surface area contributed by atoms with E-state index in [-0.39, 0.29) is 29.8 Å². The van der Waals surface area contributed by atoms with Crippen LogP contribution in [0.3, 0.4) is 0 Å². The maximum atomic E-state index is 14.1. The second-order valence-corrected chi connectivity index (χ2v) is 7.20. The number of rotatable bonds is 9. The summed E-state index contributed by atoms with van der Waals surface area (Å²) in [4.78, 5) is 9.12. The van der Waals surface area contributed by atoms with Crippen molar-refractivity contribution in [3.05, 3.63) is 42.2 Å². The molecule has 0 spiro atoms. The van der Waals surface area contributed by atoms with Crippen LogP contribution in [0.25, 0.3) is 0 Å². The summed E-state index contributed by atoms with van der Waals surface area (Å²) >= 11 is 0. The Morgan fingerprint density at radius 1 is 1.23 bits per heavy atom. The Hall–Kier alpha value is -1.95. The SMILES string of the molecule is CCc1nncn1CCNC(=NCCCOC)N1CCN(c2ccccc2F)CC1.I. The number of guanidine groups is 1. The van der Waals surface area contributed by atoms with E-state index in [0.717, 1.165) is 63.9 Å². The summed E-state index contributed by atoms with van der Waals surface area (Å²) in [7, 11) is 1.70. The third kappa shape index (κ3) is 7.30. The number of aryl methyl sites for hydroxylation is 1. The van der Waals surface area contributed by atoms with Gasteiger partial charge in [0.1, 0.15) is 18.0 Å². The van der Waals surface area contributed by atoms with Gasteiger partial charge in [-0.25, -0.2) is 4.39 Å². The van der Waals surface area contributed by atoms with Crippen molar-refractivity contribution in [2.24, 2.45) is 4.99 Å². The molecule has 1 fully saturated rings. The molecule has 0 atom stereocenters. The molecule has 172 valence electrons. The topological polar surface area (TPSA) is 70.8 Å². The fraction of sp³-hybridized carbons (Fsp3) is 0.571. The van der Waals surface area contributed by atoms with E-state index in [1.54, 1.807) is 19.5 Å². The van der Waals surface area contributed by atoms with Gasteiger partial charge in [0.25, 0.3) is 0 Å². The Labute approximate surface area is 200 Å². The van der Waals surface area contributed by atoms with Gasteiger partial charge in [-0.2, -0.15) is 0 Å². The molecule has 10 heteroatoms. The summed E-state index contributed by atoms with van der Waals surface area (Å²) in [6.07, 6.45) is 3.50.